The topological polar surface area (TPSA) is 20.2 Å². The van der Waals surface area contributed by atoms with Gasteiger partial charge < -0.3 is 5.11 Å². The first-order valence-electron chi connectivity index (χ1n) is 4.38. The fourth-order valence-electron chi connectivity index (χ4n) is 1.48. The van der Waals surface area contributed by atoms with Gasteiger partial charge in [0, 0.05) is 15.3 Å². The lowest BCUT2D eigenvalue weighted by atomic mass is 9.98. The Balaban J connectivity index is 2.73. The average molecular weight is 227 g/mol. The van der Waals surface area contributed by atoms with E-state index in [1.165, 1.54) is 0 Å². The van der Waals surface area contributed by atoms with Crippen LogP contribution in [-0.2, 0) is 5.60 Å². The summed E-state index contributed by atoms with van der Waals surface area (Å²) in [6.07, 6.45) is 0. The predicted octanol–water partition coefficient (Wildman–Crippen LogP) is 3.78. The normalized spacial score (nSPS) is 12.3. The van der Waals surface area contributed by atoms with Gasteiger partial charge in [-0.1, -0.05) is 11.6 Å². The first kappa shape index (κ1) is 9.97. The lowest BCUT2D eigenvalue weighted by Crippen LogP contribution is -2.14. The zero-order valence-electron chi connectivity index (χ0n) is 8.04. The zero-order valence-corrected chi connectivity index (χ0v) is 9.62. The molecule has 1 aromatic heterocycles. The third-order valence-corrected chi connectivity index (χ3v) is 3.39. The van der Waals surface area contributed by atoms with Crippen molar-refractivity contribution in [1.82, 2.24) is 0 Å². The highest BCUT2D eigenvalue weighted by atomic mass is 35.5. The largest absolute Gasteiger partial charge is 0.386 e. The maximum Gasteiger partial charge on any atom is 0.0854 e. The molecule has 0 atom stereocenters. The second kappa shape index (κ2) is 3.23. The van der Waals surface area contributed by atoms with Gasteiger partial charge in [-0.15, -0.1) is 11.3 Å². The Bertz CT molecular complexity index is 468. The highest BCUT2D eigenvalue weighted by molar-refractivity contribution is 7.17. The maximum atomic E-state index is 9.93. The van der Waals surface area contributed by atoms with E-state index in [-0.39, 0.29) is 0 Å². The van der Waals surface area contributed by atoms with E-state index in [1.807, 2.05) is 23.6 Å². The molecule has 1 aromatic carbocycles. The second-order valence-corrected chi connectivity index (χ2v) is 5.20. The van der Waals surface area contributed by atoms with Crippen LogP contribution in [0.25, 0.3) is 10.1 Å². The highest BCUT2D eigenvalue weighted by Gasteiger charge is 2.20. The van der Waals surface area contributed by atoms with Gasteiger partial charge in [-0.3, -0.25) is 0 Å². The second-order valence-electron chi connectivity index (χ2n) is 3.85. The molecular formula is C11H11ClOS. The van der Waals surface area contributed by atoms with E-state index in [0.29, 0.717) is 5.02 Å². The van der Waals surface area contributed by atoms with Crippen molar-refractivity contribution in [2.75, 3.05) is 0 Å². The average Bonchev–Trinajstić information content (AvgIpc) is 2.45. The van der Waals surface area contributed by atoms with Crippen LogP contribution in [0, 0.1) is 0 Å². The summed E-state index contributed by atoms with van der Waals surface area (Å²) < 4.78 is 1.16. The van der Waals surface area contributed by atoms with Gasteiger partial charge in [0.2, 0.25) is 0 Å². The first-order chi connectivity index (χ1) is 6.48. The van der Waals surface area contributed by atoms with E-state index < -0.39 is 5.60 Å². The van der Waals surface area contributed by atoms with E-state index >= 15 is 0 Å². The van der Waals surface area contributed by atoms with Crippen molar-refractivity contribution in [2.24, 2.45) is 0 Å². The fraction of sp³-hybridized carbons (Fsp3) is 0.273. The molecule has 0 aliphatic carbocycles. The summed E-state index contributed by atoms with van der Waals surface area (Å²) in [7, 11) is 0. The van der Waals surface area contributed by atoms with Crippen LogP contribution in [0.1, 0.15) is 19.4 Å². The Hall–Kier alpha value is -0.570. The number of aliphatic hydroxyl groups is 1. The smallest absolute Gasteiger partial charge is 0.0854 e. The number of rotatable bonds is 1. The minimum Gasteiger partial charge on any atom is -0.386 e. The van der Waals surface area contributed by atoms with Crippen molar-refractivity contribution >= 4 is 33.0 Å². The van der Waals surface area contributed by atoms with Crippen molar-refractivity contribution in [3.8, 4) is 0 Å². The zero-order chi connectivity index (χ0) is 10.3. The van der Waals surface area contributed by atoms with Gasteiger partial charge in [0.05, 0.1) is 5.60 Å². The van der Waals surface area contributed by atoms with Gasteiger partial charge in [0.15, 0.2) is 0 Å². The maximum absolute atomic E-state index is 9.93. The van der Waals surface area contributed by atoms with Gasteiger partial charge >= 0.3 is 0 Å². The van der Waals surface area contributed by atoms with E-state index in [0.717, 1.165) is 15.6 Å². The van der Waals surface area contributed by atoms with Crippen LogP contribution in [-0.4, -0.2) is 5.11 Å². The molecule has 0 bridgehead atoms. The standard InChI is InChI=1S/C11H11ClOS/c1-11(2,13)9-6-14-10-4-3-7(12)5-8(9)10/h3-6,13H,1-2H3. The number of halogens is 1. The molecule has 14 heavy (non-hydrogen) atoms. The van der Waals surface area contributed by atoms with Crippen molar-refractivity contribution in [2.45, 2.75) is 19.4 Å². The van der Waals surface area contributed by atoms with E-state index in [9.17, 15) is 5.11 Å². The fourth-order valence-corrected chi connectivity index (χ4v) is 2.75. The van der Waals surface area contributed by atoms with Crippen LogP contribution in [0.15, 0.2) is 23.6 Å². The first-order valence-corrected chi connectivity index (χ1v) is 5.64. The molecular weight excluding hydrogens is 216 g/mol. The summed E-state index contributed by atoms with van der Waals surface area (Å²) in [5, 5.41) is 13.7. The molecule has 2 rings (SSSR count). The molecule has 3 heteroatoms. The van der Waals surface area contributed by atoms with E-state index in [4.69, 9.17) is 11.6 Å². The Labute approximate surface area is 91.9 Å². The Kier molecular flexibility index (Phi) is 2.30. The van der Waals surface area contributed by atoms with E-state index in [1.54, 1.807) is 25.2 Å². The summed E-state index contributed by atoms with van der Waals surface area (Å²) in [4.78, 5) is 0. The molecule has 0 saturated heterocycles. The monoisotopic (exact) mass is 226 g/mol. The van der Waals surface area contributed by atoms with Crippen LogP contribution in [0.3, 0.4) is 0 Å². The SMILES string of the molecule is CC(C)(O)c1csc2ccc(Cl)cc12. The van der Waals surface area contributed by atoms with Crippen molar-refractivity contribution < 1.29 is 5.11 Å². The van der Waals surface area contributed by atoms with Crippen LogP contribution in [0.2, 0.25) is 5.02 Å². The third kappa shape index (κ3) is 1.65. The van der Waals surface area contributed by atoms with Crippen LogP contribution < -0.4 is 0 Å². The summed E-state index contributed by atoms with van der Waals surface area (Å²) in [5.74, 6) is 0. The van der Waals surface area contributed by atoms with Gasteiger partial charge in [-0.25, -0.2) is 0 Å². The number of thiophene rings is 1. The van der Waals surface area contributed by atoms with E-state index in [2.05, 4.69) is 0 Å². The van der Waals surface area contributed by atoms with Gasteiger partial charge in [0.25, 0.3) is 0 Å². The molecule has 1 nitrogen and oxygen atoms in total. The van der Waals surface area contributed by atoms with Crippen molar-refractivity contribution in [1.29, 1.82) is 0 Å². The predicted molar refractivity (Wildman–Crippen MR) is 62.1 cm³/mol. The summed E-state index contributed by atoms with van der Waals surface area (Å²) in [6.45, 7) is 3.57. The molecule has 1 heterocycles. The minimum atomic E-state index is -0.803. The minimum absolute atomic E-state index is 0.710. The molecule has 0 aliphatic rings. The van der Waals surface area contributed by atoms with Crippen molar-refractivity contribution in [3.63, 3.8) is 0 Å². The Morgan fingerprint density at radius 2 is 2.07 bits per heavy atom. The molecule has 0 saturated carbocycles. The van der Waals surface area contributed by atoms with Crippen LogP contribution in [0.5, 0.6) is 0 Å². The van der Waals surface area contributed by atoms with Crippen LogP contribution in [0.4, 0.5) is 0 Å². The number of hydrogen-bond donors (Lipinski definition) is 1. The molecule has 0 unspecified atom stereocenters. The number of hydrogen-bond acceptors (Lipinski definition) is 2. The summed E-state index contributed by atoms with van der Waals surface area (Å²) in [5.41, 5.74) is 0.142. The lowest BCUT2D eigenvalue weighted by Gasteiger charge is -2.16. The van der Waals surface area contributed by atoms with Gasteiger partial charge in [0.1, 0.15) is 0 Å². The van der Waals surface area contributed by atoms with Crippen LogP contribution >= 0.6 is 22.9 Å². The molecule has 0 radical (unpaired) electrons. The Morgan fingerprint density at radius 3 is 2.71 bits per heavy atom. The molecule has 74 valence electrons. The number of benzene rings is 1. The summed E-state index contributed by atoms with van der Waals surface area (Å²) >= 11 is 7.55. The van der Waals surface area contributed by atoms with Gasteiger partial charge in [-0.05, 0) is 42.8 Å². The molecule has 0 aliphatic heterocycles. The molecule has 2 aromatic rings. The highest BCUT2D eigenvalue weighted by Crippen LogP contribution is 2.34. The number of fused-ring (bicyclic) bond motifs is 1. The van der Waals surface area contributed by atoms with Crippen molar-refractivity contribution in [3.05, 3.63) is 34.2 Å². The Morgan fingerprint density at radius 1 is 1.36 bits per heavy atom. The molecule has 1 N–H and O–H groups in total. The van der Waals surface area contributed by atoms with Gasteiger partial charge in [-0.2, -0.15) is 0 Å². The summed E-state index contributed by atoms with van der Waals surface area (Å²) in [6, 6.07) is 5.76. The quantitative estimate of drug-likeness (QED) is 0.785. The third-order valence-electron chi connectivity index (χ3n) is 2.19. The molecule has 0 spiro atoms. The molecule has 0 fully saturated rings. The molecule has 0 amide bonds. The lowest BCUT2D eigenvalue weighted by molar-refractivity contribution is 0.0806.